The van der Waals surface area contributed by atoms with Gasteiger partial charge in [0.15, 0.2) is 5.75 Å². The number of hydrogen-bond acceptors (Lipinski definition) is 4. The van der Waals surface area contributed by atoms with Crippen LogP contribution in [0.5, 0.6) is 5.75 Å². The van der Waals surface area contributed by atoms with Crippen molar-refractivity contribution in [3.8, 4) is 5.75 Å². The quantitative estimate of drug-likeness (QED) is 0.681. The Bertz CT molecular complexity index is 883. The first-order valence-electron chi connectivity index (χ1n) is 5.95. The molecular formula is C14H9FN2O3S. The zero-order chi connectivity index (χ0) is 15.0. The molecular weight excluding hydrogens is 295 g/mol. The normalized spacial score (nSPS) is 10.7. The number of nitrogens with one attached hydrogen (secondary N) is 2. The van der Waals surface area contributed by atoms with E-state index < -0.39 is 17.3 Å². The molecule has 0 atom stereocenters. The largest absolute Gasteiger partial charge is 0.505 e. The summed E-state index contributed by atoms with van der Waals surface area (Å²) >= 11 is 1.21. The van der Waals surface area contributed by atoms with Crippen molar-refractivity contribution in [3.05, 3.63) is 57.4 Å². The van der Waals surface area contributed by atoms with E-state index in [1.54, 1.807) is 11.4 Å². The Morgan fingerprint density at radius 2 is 1.95 bits per heavy atom. The molecule has 21 heavy (non-hydrogen) atoms. The van der Waals surface area contributed by atoms with Crippen LogP contribution in [0.3, 0.4) is 0 Å². The number of fused-ring (bicyclic) bond motifs is 1. The molecule has 0 radical (unpaired) electrons. The molecule has 0 bridgehead atoms. The fourth-order valence-electron chi connectivity index (χ4n) is 1.93. The van der Waals surface area contributed by atoms with Gasteiger partial charge in [-0.3, -0.25) is 9.59 Å². The second-order valence-electron chi connectivity index (χ2n) is 4.30. The minimum Gasteiger partial charge on any atom is -0.505 e. The lowest BCUT2D eigenvalue weighted by Gasteiger charge is -2.06. The number of rotatable bonds is 2. The number of halogens is 1. The molecule has 0 spiro atoms. The highest BCUT2D eigenvalue weighted by molar-refractivity contribution is 7.17. The molecule has 7 heteroatoms. The maximum atomic E-state index is 12.8. The van der Waals surface area contributed by atoms with Gasteiger partial charge in [0, 0.05) is 5.69 Å². The molecule has 3 aromatic rings. The van der Waals surface area contributed by atoms with Crippen LogP contribution in [0, 0.1) is 5.82 Å². The average Bonchev–Trinajstić information content (AvgIpc) is 2.90. The number of aromatic nitrogens is 1. The lowest BCUT2D eigenvalue weighted by atomic mass is 10.2. The van der Waals surface area contributed by atoms with Crippen LogP contribution in [0.15, 0.2) is 40.5 Å². The number of aromatic hydroxyl groups is 1. The summed E-state index contributed by atoms with van der Waals surface area (Å²) < 4.78 is 13.2. The summed E-state index contributed by atoms with van der Waals surface area (Å²) in [5, 5.41) is 14.2. The molecule has 1 amide bonds. The maximum Gasteiger partial charge on any atom is 0.265 e. The van der Waals surface area contributed by atoms with Gasteiger partial charge in [-0.1, -0.05) is 0 Å². The number of H-pyrrole nitrogens is 1. The van der Waals surface area contributed by atoms with Gasteiger partial charge in [-0.15, -0.1) is 11.3 Å². The van der Waals surface area contributed by atoms with E-state index >= 15 is 0 Å². The van der Waals surface area contributed by atoms with Crippen molar-refractivity contribution < 1.29 is 14.3 Å². The predicted octanol–water partition coefficient (Wildman–Crippen LogP) is 2.69. The van der Waals surface area contributed by atoms with E-state index in [1.807, 2.05) is 0 Å². The molecule has 0 aliphatic heterocycles. The van der Waals surface area contributed by atoms with Crippen molar-refractivity contribution in [2.45, 2.75) is 0 Å². The Balaban J connectivity index is 2.01. The Hall–Kier alpha value is -2.67. The molecule has 3 rings (SSSR count). The Morgan fingerprint density at radius 1 is 1.24 bits per heavy atom. The lowest BCUT2D eigenvalue weighted by Crippen LogP contribution is -2.23. The fraction of sp³-hybridized carbons (Fsp3) is 0. The van der Waals surface area contributed by atoms with Crippen molar-refractivity contribution in [1.29, 1.82) is 0 Å². The van der Waals surface area contributed by atoms with E-state index in [-0.39, 0.29) is 11.3 Å². The SMILES string of the molecule is O=C(Nc1ccc(F)cc1)c1c(O)c2sccc2[nH]c1=O. The Morgan fingerprint density at radius 3 is 2.67 bits per heavy atom. The van der Waals surface area contributed by atoms with Crippen LogP contribution in [-0.4, -0.2) is 16.0 Å². The second kappa shape index (κ2) is 5.02. The minimum atomic E-state index is -0.754. The fourth-order valence-corrected chi connectivity index (χ4v) is 2.73. The number of benzene rings is 1. The van der Waals surface area contributed by atoms with Crippen molar-refractivity contribution in [2.75, 3.05) is 5.32 Å². The van der Waals surface area contributed by atoms with Crippen LogP contribution in [0.4, 0.5) is 10.1 Å². The molecule has 1 aromatic carbocycles. The van der Waals surface area contributed by atoms with Crippen molar-refractivity contribution >= 4 is 33.1 Å². The number of pyridine rings is 1. The lowest BCUT2D eigenvalue weighted by molar-refractivity contribution is 0.102. The van der Waals surface area contributed by atoms with Crippen LogP contribution in [0.1, 0.15) is 10.4 Å². The molecule has 2 heterocycles. The van der Waals surface area contributed by atoms with E-state index in [2.05, 4.69) is 10.3 Å². The predicted molar refractivity (Wildman–Crippen MR) is 78.5 cm³/mol. The van der Waals surface area contributed by atoms with Crippen molar-refractivity contribution in [3.63, 3.8) is 0 Å². The number of carbonyl (C=O) groups is 1. The van der Waals surface area contributed by atoms with Gasteiger partial charge in [-0.05, 0) is 35.7 Å². The third-order valence-electron chi connectivity index (χ3n) is 2.92. The number of carbonyl (C=O) groups excluding carboxylic acids is 1. The van der Waals surface area contributed by atoms with E-state index in [1.165, 1.54) is 35.6 Å². The van der Waals surface area contributed by atoms with Crippen LogP contribution >= 0.6 is 11.3 Å². The molecule has 106 valence electrons. The number of hydrogen-bond donors (Lipinski definition) is 3. The first-order chi connectivity index (χ1) is 10.1. The maximum absolute atomic E-state index is 12.8. The standard InChI is InChI=1S/C14H9FN2O3S/c15-7-1-3-8(4-2-7)16-13(19)10-11(18)12-9(5-6-21-12)17-14(10)20/h1-6H,(H,16,19)(H2,17,18,20). The summed E-state index contributed by atoms with van der Waals surface area (Å²) in [4.78, 5) is 26.6. The summed E-state index contributed by atoms with van der Waals surface area (Å²) in [6.45, 7) is 0. The van der Waals surface area contributed by atoms with E-state index in [9.17, 15) is 19.1 Å². The highest BCUT2D eigenvalue weighted by Gasteiger charge is 2.19. The third-order valence-corrected chi connectivity index (χ3v) is 3.84. The number of thiophene rings is 1. The first kappa shape index (κ1) is 13.3. The minimum absolute atomic E-state index is 0.325. The first-order valence-corrected chi connectivity index (χ1v) is 6.83. The smallest absolute Gasteiger partial charge is 0.265 e. The molecule has 3 N–H and O–H groups in total. The number of anilines is 1. The van der Waals surface area contributed by atoms with E-state index in [0.717, 1.165) is 0 Å². The molecule has 0 aliphatic carbocycles. The van der Waals surface area contributed by atoms with Gasteiger partial charge in [0.05, 0.1) is 10.2 Å². The summed E-state index contributed by atoms with van der Waals surface area (Å²) in [5.74, 6) is -1.55. The highest BCUT2D eigenvalue weighted by atomic mass is 32.1. The number of amides is 1. The van der Waals surface area contributed by atoms with Gasteiger partial charge in [0.2, 0.25) is 0 Å². The van der Waals surface area contributed by atoms with Gasteiger partial charge in [-0.2, -0.15) is 0 Å². The summed E-state index contributed by atoms with van der Waals surface area (Å²) in [5.41, 5.74) is -0.250. The van der Waals surface area contributed by atoms with Crippen LogP contribution in [0.2, 0.25) is 0 Å². The topological polar surface area (TPSA) is 82.2 Å². The molecule has 0 fully saturated rings. The van der Waals surface area contributed by atoms with Gasteiger partial charge in [0.25, 0.3) is 11.5 Å². The van der Waals surface area contributed by atoms with Gasteiger partial charge in [0.1, 0.15) is 11.4 Å². The average molecular weight is 304 g/mol. The molecule has 5 nitrogen and oxygen atoms in total. The van der Waals surface area contributed by atoms with Gasteiger partial charge < -0.3 is 15.4 Å². The summed E-state index contributed by atoms with van der Waals surface area (Å²) in [6.07, 6.45) is 0. The zero-order valence-electron chi connectivity index (χ0n) is 10.5. The molecule has 2 aromatic heterocycles. The highest BCUT2D eigenvalue weighted by Crippen LogP contribution is 2.29. The van der Waals surface area contributed by atoms with Gasteiger partial charge in [-0.25, -0.2) is 4.39 Å². The molecule has 0 aliphatic rings. The van der Waals surface area contributed by atoms with Crippen LogP contribution in [-0.2, 0) is 0 Å². The van der Waals surface area contributed by atoms with Crippen molar-refractivity contribution in [1.82, 2.24) is 4.98 Å². The Kier molecular flexibility index (Phi) is 3.19. The van der Waals surface area contributed by atoms with Crippen molar-refractivity contribution in [2.24, 2.45) is 0 Å². The number of aromatic amines is 1. The van der Waals surface area contributed by atoms with Crippen LogP contribution in [0.25, 0.3) is 10.2 Å². The molecule has 0 saturated heterocycles. The monoisotopic (exact) mass is 304 g/mol. The van der Waals surface area contributed by atoms with E-state index in [4.69, 9.17) is 0 Å². The van der Waals surface area contributed by atoms with Gasteiger partial charge >= 0.3 is 0 Å². The van der Waals surface area contributed by atoms with Crippen LogP contribution < -0.4 is 10.9 Å². The second-order valence-corrected chi connectivity index (χ2v) is 5.22. The third kappa shape index (κ3) is 2.38. The molecule has 0 unspecified atom stereocenters. The summed E-state index contributed by atoms with van der Waals surface area (Å²) in [6, 6.07) is 6.73. The molecule has 0 saturated carbocycles. The van der Waals surface area contributed by atoms with E-state index in [0.29, 0.717) is 15.9 Å². The zero-order valence-corrected chi connectivity index (χ0v) is 11.3. The Labute approximate surface area is 121 Å². The summed E-state index contributed by atoms with van der Waals surface area (Å²) in [7, 11) is 0.